The molecule has 3 amide bonds. The van der Waals surface area contributed by atoms with Gasteiger partial charge in [-0.3, -0.25) is 9.59 Å². The van der Waals surface area contributed by atoms with Crippen molar-refractivity contribution < 1.29 is 19.1 Å². The van der Waals surface area contributed by atoms with Crippen LogP contribution in [0.1, 0.15) is 33.6 Å². The van der Waals surface area contributed by atoms with Crippen LogP contribution in [0.4, 0.5) is 4.79 Å². The molecule has 0 aliphatic rings. The molecule has 7 nitrogen and oxygen atoms in total. The number of carbonyl (C=O) groups is 3. The zero-order chi connectivity index (χ0) is 21.5. The van der Waals surface area contributed by atoms with E-state index in [0.29, 0.717) is 19.4 Å². The first-order chi connectivity index (χ1) is 12.1. The van der Waals surface area contributed by atoms with E-state index in [1.54, 1.807) is 20.8 Å². The normalized spacial score (nSPS) is 13.3. The number of alkyl halides is 1. The van der Waals surface area contributed by atoms with E-state index < -0.39 is 23.1 Å². The topological polar surface area (TPSA) is 96.5 Å². The lowest BCUT2D eigenvalue weighted by Crippen LogP contribution is -2.62. The molecular formula is C14H31B5BrN3O4. The molecule has 0 heterocycles. The number of carbonyl (C=O) groups excluding carboxylic acids is 3. The molecule has 0 aliphatic carbocycles. The maximum Gasteiger partial charge on any atom is 0.408 e. The Labute approximate surface area is 175 Å². The Balaban J connectivity index is 5.02. The summed E-state index contributed by atoms with van der Waals surface area (Å²) < 4.78 is 5.27. The predicted molar refractivity (Wildman–Crippen MR) is 125 cm³/mol. The van der Waals surface area contributed by atoms with Crippen LogP contribution in [0.25, 0.3) is 0 Å². The van der Waals surface area contributed by atoms with E-state index >= 15 is 0 Å². The molecule has 0 saturated heterocycles. The molecule has 0 aliphatic heterocycles. The van der Waals surface area contributed by atoms with Gasteiger partial charge in [-0.25, -0.2) is 4.79 Å². The zero-order valence-electron chi connectivity index (χ0n) is 17.9. The standard InChI is InChI=1S/C14H31B5BrN3O4/c1-12(2,3)27-11(26)22-8(5-4-6-21-9(24)7-20)10(25)23-14(18,19)13(15,16)17/h8H,4-7,15-19H2,1-3H3,(H,21,24)(H,22,26)(H,23,25)/t8-/m0/s1. The second-order valence-corrected chi connectivity index (χ2v) is 9.75. The average Bonchev–Trinajstić information content (AvgIpc) is 2.46. The average molecular weight is 439 g/mol. The summed E-state index contributed by atoms with van der Waals surface area (Å²) in [6.07, 6.45) is 0.289. The summed E-state index contributed by atoms with van der Waals surface area (Å²) in [5.74, 6) is -0.391. The van der Waals surface area contributed by atoms with E-state index in [0.717, 1.165) is 0 Å². The predicted octanol–water partition coefficient (Wildman–Crippen LogP) is -3.82. The van der Waals surface area contributed by atoms with Gasteiger partial charge in [-0.15, -0.1) is 5.11 Å². The Kier molecular flexibility index (Phi) is 10.1. The van der Waals surface area contributed by atoms with Gasteiger partial charge in [0.15, 0.2) is 0 Å². The Morgan fingerprint density at radius 1 is 1.07 bits per heavy atom. The lowest BCUT2D eigenvalue weighted by Gasteiger charge is -2.41. The Hall–Kier alpha value is -0.985. The molecule has 27 heavy (non-hydrogen) atoms. The van der Waals surface area contributed by atoms with Crippen molar-refractivity contribution in [1.82, 2.24) is 16.0 Å². The van der Waals surface area contributed by atoms with Crippen molar-refractivity contribution >= 4 is 73.1 Å². The first-order valence-corrected chi connectivity index (χ1v) is 10.4. The van der Waals surface area contributed by atoms with Crippen LogP contribution in [0.3, 0.4) is 0 Å². The number of nitrogens with one attached hydrogen (secondary N) is 3. The molecule has 3 N–H and O–H groups in total. The molecule has 0 aromatic heterocycles. The summed E-state index contributed by atoms with van der Waals surface area (Å²) in [4.78, 5) is 36.2. The van der Waals surface area contributed by atoms with Gasteiger partial charge in [0.05, 0.1) is 28.9 Å². The maximum absolute atomic E-state index is 12.8. The number of amides is 3. The molecule has 0 saturated carbocycles. The van der Waals surface area contributed by atoms with Crippen molar-refractivity contribution in [1.29, 1.82) is 0 Å². The largest absolute Gasteiger partial charge is 0.444 e. The van der Waals surface area contributed by atoms with Crippen LogP contribution >= 0.6 is 15.9 Å². The summed E-state index contributed by atoms with van der Waals surface area (Å²) >= 11 is 3.08. The number of alkyl carbamates (subject to hydrolysis) is 1. The Morgan fingerprint density at radius 2 is 1.63 bits per heavy atom. The van der Waals surface area contributed by atoms with Gasteiger partial charge >= 0.3 is 6.09 Å². The van der Waals surface area contributed by atoms with Gasteiger partial charge in [0.25, 0.3) is 0 Å². The molecule has 0 aromatic carbocycles. The van der Waals surface area contributed by atoms with Crippen LogP contribution in [-0.2, 0) is 14.3 Å². The number of halogens is 1. The van der Waals surface area contributed by atoms with Crippen molar-refractivity contribution in [2.75, 3.05) is 11.9 Å². The minimum atomic E-state index is -0.748. The van der Waals surface area contributed by atoms with Crippen LogP contribution < -0.4 is 16.0 Å². The minimum Gasteiger partial charge on any atom is -0.444 e. The summed E-state index contributed by atoms with van der Waals surface area (Å²) in [5, 5.41) is 8.00. The van der Waals surface area contributed by atoms with Gasteiger partial charge in [0, 0.05) is 6.54 Å². The second-order valence-electron chi connectivity index (χ2n) is 9.19. The van der Waals surface area contributed by atoms with Crippen LogP contribution in [0, 0.1) is 0 Å². The van der Waals surface area contributed by atoms with Crippen LogP contribution in [0.15, 0.2) is 0 Å². The Morgan fingerprint density at radius 3 is 2.07 bits per heavy atom. The number of ether oxygens (including phenoxy) is 1. The van der Waals surface area contributed by atoms with Crippen LogP contribution in [0.2, 0.25) is 5.11 Å². The first kappa shape index (κ1) is 26.0. The second kappa shape index (κ2) is 10.5. The maximum atomic E-state index is 12.8. The SMILES string of the molecule is BC(B)(B)C(B)(B)NC(=O)[C@H](CCCNC(=O)CBr)NC(=O)OC(C)(C)C. The summed E-state index contributed by atoms with van der Waals surface area (Å²) in [6, 6.07) is -0.748. The van der Waals surface area contributed by atoms with E-state index in [1.165, 1.54) is 0 Å². The summed E-state index contributed by atoms with van der Waals surface area (Å²) in [6.45, 7) is 5.72. The number of rotatable bonds is 9. The Bertz CT molecular complexity index is 538. The molecule has 0 bridgehead atoms. The fourth-order valence-corrected chi connectivity index (χ4v) is 2.08. The molecule has 0 rings (SSSR count). The summed E-state index contributed by atoms with van der Waals surface area (Å²) in [7, 11) is 10.0. The highest BCUT2D eigenvalue weighted by Crippen LogP contribution is 2.22. The fraction of sp³-hybridized carbons (Fsp3) is 0.786. The van der Waals surface area contributed by atoms with Gasteiger partial charge < -0.3 is 20.7 Å². The van der Waals surface area contributed by atoms with Gasteiger partial charge in [0.2, 0.25) is 11.8 Å². The van der Waals surface area contributed by atoms with E-state index in [2.05, 4.69) is 31.9 Å². The van der Waals surface area contributed by atoms with Gasteiger partial charge in [-0.05, 0) is 39.0 Å². The van der Waals surface area contributed by atoms with Crippen LogP contribution in [-0.4, -0.2) is 86.0 Å². The van der Waals surface area contributed by atoms with Crippen molar-refractivity contribution in [2.24, 2.45) is 0 Å². The third kappa shape index (κ3) is 10.8. The molecule has 0 unspecified atom stereocenters. The van der Waals surface area contributed by atoms with Gasteiger partial charge in [0.1, 0.15) is 27.3 Å². The van der Waals surface area contributed by atoms with Crippen molar-refractivity contribution in [3.63, 3.8) is 0 Å². The van der Waals surface area contributed by atoms with E-state index in [4.69, 9.17) is 4.74 Å². The molecule has 13 heteroatoms. The van der Waals surface area contributed by atoms with Crippen LogP contribution in [0.5, 0.6) is 0 Å². The van der Waals surface area contributed by atoms with Gasteiger partial charge in [-0.2, -0.15) is 0 Å². The van der Waals surface area contributed by atoms with Gasteiger partial charge in [-0.1, -0.05) is 15.9 Å². The van der Waals surface area contributed by atoms with E-state index in [-0.39, 0.29) is 22.3 Å². The highest BCUT2D eigenvalue weighted by atomic mass is 79.9. The molecule has 0 aromatic rings. The number of hydrogen-bond acceptors (Lipinski definition) is 4. The minimum absolute atomic E-state index is 0.120. The molecule has 148 valence electrons. The highest BCUT2D eigenvalue weighted by Gasteiger charge is 2.35. The lowest BCUT2D eigenvalue weighted by atomic mass is 9.26. The van der Waals surface area contributed by atoms with E-state index in [1.807, 2.05) is 39.2 Å². The molecule has 1 atom stereocenters. The number of hydrogen-bond donors (Lipinski definition) is 3. The summed E-state index contributed by atoms with van der Waals surface area (Å²) in [5.41, 5.74) is -0.653. The molecule has 0 radical (unpaired) electrons. The third-order valence-electron chi connectivity index (χ3n) is 4.43. The zero-order valence-corrected chi connectivity index (χ0v) is 19.5. The monoisotopic (exact) mass is 439 g/mol. The fourth-order valence-electron chi connectivity index (χ4n) is 1.88. The lowest BCUT2D eigenvalue weighted by molar-refractivity contribution is -0.123. The van der Waals surface area contributed by atoms with Crippen molar-refractivity contribution in [2.45, 2.75) is 55.7 Å². The smallest absolute Gasteiger partial charge is 0.408 e. The third-order valence-corrected chi connectivity index (χ3v) is 4.94. The first-order valence-electron chi connectivity index (χ1n) is 9.23. The molecular weight excluding hydrogens is 408 g/mol. The molecule has 0 fully saturated rings. The highest BCUT2D eigenvalue weighted by molar-refractivity contribution is 9.09. The van der Waals surface area contributed by atoms with E-state index in [9.17, 15) is 14.4 Å². The molecule has 0 spiro atoms. The van der Waals surface area contributed by atoms with Crippen molar-refractivity contribution in [3.05, 3.63) is 0 Å². The van der Waals surface area contributed by atoms with Crippen molar-refractivity contribution in [3.8, 4) is 0 Å². The quantitative estimate of drug-likeness (QED) is 0.195.